The van der Waals surface area contributed by atoms with Crippen molar-refractivity contribution in [1.29, 1.82) is 0 Å². The number of anilines is 1. The Bertz CT molecular complexity index is 567. The summed E-state index contributed by atoms with van der Waals surface area (Å²) in [5.41, 5.74) is 1.02. The van der Waals surface area contributed by atoms with Gasteiger partial charge in [0.2, 0.25) is 0 Å². The number of hydrogen-bond donors (Lipinski definition) is 1. The summed E-state index contributed by atoms with van der Waals surface area (Å²) < 4.78 is 7.53. The third kappa shape index (κ3) is 3.63. The first kappa shape index (κ1) is 14.2. The Morgan fingerprint density at radius 2 is 1.95 bits per heavy atom. The molecule has 106 valence electrons. The van der Waals surface area contributed by atoms with Crippen LogP contribution in [0.4, 0.5) is 5.82 Å². The van der Waals surface area contributed by atoms with Crippen molar-refractivity contribution in [3.8, 4) is 0 Å². The molecule has 1 aromatic heterocycles. The molecule has 0 aliphatic heterocycles. The van der Waals surface area contributed by atoms with Gasteiger partial charge in [-0.3, -0.25) is 0 Å². The molecule has 1 aromatic carbocycles. The Morgan fingerprint density at radius 3 is 2.60 bits per heavy atom. The van der Waals surface area contributed by atoms with Crippen molar-refractivity contribution in [2.24, 2.45) is 0 Å². The van der Waals surface area contributed by atoms with Crippen LogP contribution in [0, 0.1) is 0 Å². The van der Waals surface area contributed by atoms with E-state index in [-0.39, 0.29) is 5.54 Å². The fourth-order valence-corrected chi connectivity index (χ4v) is 1.86. The van der Waals surface area contributed by atoms with E-state index in [1.165, 1.54) is 0 Å². The monoisotopic (exact) mass is 271 g/mol. The summed E-state index contributed by atoms with van der Waals surface area (Å²) in [5, 5.41) is 7.47. The van der Waals surface area contributed by atoms with E-state index in [4.69, 9.17) is 4.74 Å². The van der Waals surface area contributed by atoms with Crippen LogP contribution in [0.1, 0.15) is 26.3 Å². The Kier molecular flexibility index (Phi) is 4.13. The zero-order chi connectivity index (χ0) is 14.6. The lowest BCUT2D eigenvalue weighted by atomic mass is 10.1. The van der Waals surface area contributed by atoms with E-state index in [0.717, 1.165) is 11.4 Å². The summed E-state index contributed by atoms with van der Waals surface area (Å²) in [6.07, 6.45) is 1.76. The average molecular weight is 271 g/mol. The maximum absolute atomic E-state index is 5.62. The summed E-state index contributed by atoms with van der Waals surface area (Å²) in [7, 11) is 0. The summed E-state index contributed by atoms with van der Waals surface area (Å²) >= 11 is 0. The summed E-state index contributed by atoms with van der Waals surface area (Å²) in [4.78, 5) is 0. The van der Waals surface area contributed by atoms with Gasteiger partial charge in [-0.25, -0.2) is 4.68 Å². The van der Waals surface area contributed by atoms with Crippen LogP contribution in [-0.4, -0.2) is 9.78 Å². The molecule has 4 nitrogen and oxygen atoms in total. The average Bonchev–Trinajstić information content (AvgIpc) is 2.86. The highest BCUT2D eigenvalue weighted by Gasteiger charge is 2.17. The molecule has 20 heavy (non-hydrogen) atoms. The molecule has 2 aromatic rings. The van der Waals surface area contributed by atoms with E-state index in [1.54, 1.807) is 6.20 Å². The fraction of sp³-hybridized carbons (Fsp3) is 0.312. The predicted octanol–water partition coefficient (Wildman–Crippen LogP) is 3.74. The number of nitrogens with zero attached hydrogens (tertiary/aromatic N) is 2. The summed E-state index contributed by atoms with van der Waals surface area (Å²) in [6, 6.07) is 11.9. The molecule has 0 radical (unpaired) electrons. The Hall–Kier alpha value is -2.23. The number of hydrogen-bond acceptors (Lipinski definition) is 3. The molecular formula is C16H21N3O. The molecule has 0 unspecified atom stereocenters. The molecule has 0 saturated heterocycles. The number of rotatable bonds is 5. The molecule has 1 heterocycles. The molecule has 1 N–H and O–H groups in total. The van der Waals surface area contributed by atoms with E-state index in [2.05, 4.69) is 37.8 Å². The van der Waals surface area contributed by atoms with Crippen LogP contribution in [0.5, 0.6) is 0 Å². The van der Waals surface area contributed by atoms with Crippen molar-refractivity contribution in [2.75, 3.05) is 5.32 Å². The van der Waals surface area contributed by atoms with Gasteiger partial charge in [-0.15, -0.1) is 0 Å². The van der Waals surface area contributed by atoms with E-state index in [9.17, 15) is 0 Å². The highest BCUT2D eigenvalue weighted by molar-refractivity contribution is 5.39. The number of ether oxygens (including phenoxy) is 1. The van der Waals surface area contributed by atoms with Gasteiger partial charge in [-0.05, 0) is 32.9 Å². The van der Waals surface area contributed by atoms with E-state index >= 15 is 0 Å². The maximum Gasteiger partial charge on any atom is 0.185 e. The topological polar surface area (TPSA) is 39.1 Å². The largest absolute Gasteiger partial charge is 0.475 e. The molecule has 0 atom stereocenters. The predicted molar refractivity (Wildman–Crippen MR) is 81.2 cm³/mol. The Balaban J connectivity index is 1.94. The van der Waals surface area contributed by atoms with Gasteiger partial charge >= 0.3 is 0 Å². The SMILES string of the molecule is C=C(Nc1ccnn1C(C)(C)C)OCc1ccccc1. The smallest absolute Gasteiger partial charge is 0.185 e. The molecule has 2 rings (SSSR count). The molecule has 0 fully saturated rings. The minimum atomic E-state index is -0.0917. The molecule has 0 saturated carbocycles. The second kappa shape index (κ2) is 5.82. The van der Waals surface area contributed by atoms with Crippen molar-refractivity contribution < 1.29 is 4.74 Å². The summed E-state index contributed by atoms with van der Waals surface area (Å²) in [6.45, 7) is 10.7. The highest BCUT2D eigenvalue weighted by Crippen LogP contribution is 2.20. The van der Waals surface area contributed by atoms with Crippen molar-refractivity contribution in [2.45, 2.75) is 32.9 Å². The van der Waals surface area contributed by atoms with Crippen LogP contribution in [0.3, 0.4) is 0 Å². The standard InChI is InChI=1S/C16H21N3O/c1-13(20-12-14-8-6-5-7-9-14)18-15-10-11-17-19(15)16(2,3)4/h5-11,18H,1,12H2,2-4H3. The van der Waals surface area contributed by atoms with Crippen molar-refractivity contribution in [3.63, 3.8) is 0 Å². The molecule has 0 amide bonds. The van der Waals surface area contributed by atoms with Crippen LogP contribution in [0.2, 0.25) is 0 Å². The van der Waals surface area contributed by atoms with E-state index in [1.807, 2.05) is 41.1 Å². The van der Waals surface area contributed by atoms with Crippen LogP contribution < -0.4 is 5.32 Å². The lowest BCUT2D eigenvalue weighted by Crippen LogP contribution is -2.25. The zero-order valence-electron chi connectivity index (χ0n) is 12.3. The normalized spacial score (nSPS) is 11.2. The van der Waals surface area contributed by atoms with E-state index in [0.29, 0.717) is 12.5 Å². The molecule has 0 aliphatic carbocycles. The van der Waals surface area contributed by atoms with Crippen LogP contribution in [0.15, 0.2) is 55.1 Å². The second-order valence-electron chi connectivity index (χ2n) is 5.62. The first-order chi connectivity index (χ1) is 9.47. The lowest BCUT2D eigenvalue weighted by molar-refractivity contribution is 0.204. The highest BCUT2D eigenvalue weighted by atomic mass is 16.5. The second-order valence-corrected chi connectivity index (χ2v) is 5.62. The first-order valence-electron chi connectivity index (χ1n) is 6.64. The zero-order valence-corrected chi connectivity index (χ0v) is 12.3. The first-order valence-corrected chi connectivity index (χ1v) is 6.64. The Morgan fingerprint density at radius 1 is 1.25 bits per heavy atom. The van der Waals surface area contributed by atoms with Crippen LogP contribution in [0.25, 0.3) is 0 Å². The van der Waals surface area contributed by atoms with Gasteiger partial charge < -0.3 is 10.1 Å². The van der Waals surface area contributed by atoms with Gasteiger partial charge in [-0.1, -0.05) is 30.3 Å². The van der Waals surface area contributed by atoms with Crippen molar-refractivity contribution in [3.05, 3.63) is 60.6 Å². The molecule has 4 heteroatoms. The third-order valence-corrected chi connectivity index (χ3v) is 2.80. The minimum absolute atomic E-state index is 0.0917. The van der Waals surface area contributed by atoms with Gasteiger partial charge in [0.05, 0.1) is 11.7 Å². The quantitative estimate of drug-likeness (QED) is 0.842. The number of nitrogens with one attached hydrogen (secondary N) is 1. The van der Waals surface area contributed by atoms with Crippen LogP contribution >= 0.6 is 0 Å². The van der Waals surface area contributed by atoms with Gasteiger partial charge in [-0.2, -0.15) is 5.10 Å². The molecule has 0 aliphatic rings. The van der Waals surface area contributed by atoms with Gasteiger partial charge in [0.25, 0.3) is 0 Å². The fourth-order valence-electron chi connectivity index (χ4n) is 1.86. The number of benzene rings is 1. The molecule has 0 spiro atoms. The summed E-state index contributed by atoms with van der Waals surface area (Å²) in [5.74, 6) is 1.38. The Labute approximate surface area is 120 Å². The van der Waals surface area contributed by atoms with Crippen molar-refractivity contribution >= 4 is 5.82 Å². The maximum atomic E-state index is 5.62. The van der Waals surface area contributed by atoms with Crippen LogP contribution in [-0.2, 0) is 16.9 Å². The van der Waals surface area contributed by atoms with Gasteiger partial charge in [0.1, 0.15) is 12.4 Å². The van der Waals surface area contributed by atoms with E-state index < -0.39 is 0 Å². The third-order valence-electron chi connectivity index (χ3n) is 2.80. The van der Waals surface area contributed by atoms with Gasteiger partial charge in [0, 0.05) is 6.07 Å². The van der Waals surface area contributed by atoms with Crippen molar-refractivity contribution in [1.82, 2.24) is 9.78 Å². The van der Waals surface area contributed by atoms with Gasteiger partial charge in [0.15, 0.2) is 5.88 Å². The minimum Gasteiger partial charge on any atom is -0.475 e. The molecular weight excluding hydrogens is 250 g/mol. The lowest BCUT2D eigenvalue weighted by Gasteiger charge is -2.23. The number of aromatic nitrogens is 2. The molecule has 0 bridgehead atoms.